The lowest BCUT2D eigenvalue weighted by Crippen LogP contribution is -2.38. The molecule has 0 bridgehead atoms. The Morgan fingerprint density at radius 3 is 2.89 bits per heavy atom. The molecule has 0 saturated carbocycles. The fraction of sp³-hybridized carbons (Fsp3) is 0.316. The maximum Gasteiger partial charge on any atom is 0.249 e. The van der Waals surface area contributed by atoms with Crippen molar-refractivity contribution in [3.63, 3.8) is 0 Å². The van der Waals surface area contributed by atoms with Crippen molar-refractivity contribution in [2.45, 2.75) is 37.2 Å². The van der Waals surface area contributed by atoms with Crippen molar-refractivity contribution in [1.82, 2.24) is 8.96 Å². The second-order valence-electron chi connectivity index (χ2n) is 6.78. The summed E-state index contributed by atoms with van der Waals surface area (Å²) in [7, 11) is -3.74. The van der Waals surface area contributed by atoms with E-state index in [0.717, 1.165) is 11.0 Å². The van der Waals surface area contributed by atoms with Crippen LogP contribution < -0.4 is 0 Å². The van der Waals surface area contributed by atoms with Gasteiger partial charge in [0, 0.05) is 29.2 Å². The minimum atomic E-state index is -3.74. The number of hydrogen-bond acceptors (Lipinski definition) is 5. The highest BCUT2D eigenvalue weighted by Gasteiger charge is 2.41. The highest BCUT2D eigenvalue weighted by molar-refractivity contribution is 7.91. The van der Waals surface area contributed by atoms with Crippen molar-refractivity contribution in [2.24, 2.45) is 0 Å². The Kier molecular flexibility index (Phi) is 4.52. The van der Waals surface area contributed by atoms with E-state index in [1.54, 1.807) is 43.6 Å². The Labute approximate surface area is 162 Å². The Balaban J connectivity index is 1.66. The van der Waals surface area contributed by atoms with Gasteiger partial charge < -0.3 is 9.47 Å². The fourth-order valence-electron chi connectivity index (χ4n) is 3.33. The lowest BCUT2D eigenvalue weighted by molar-refractivity contribution is -0.0274. The summed E-state index contributed by atoms with van der Waals surface area (Å²) in [5.41, 5.74) is 1.20. The molecule has 1 aliphatic heterocycles. The van der Waals surface area contributed by atoms with E-state index in [9.17, 15) is 8.42 Å². The van der Waals surface area contributed by atoms with E-state index in [2.05, 4.69) is 4.98 Å². The number of halogens is 1. The first kappa shape index (κ1) is 18.1. The molecule has 2 aromatic rings. The maximum absolute atomic E-state index is 13.4. The van der Waals surface area contributed by atoms with Crippen LogP contribution in [-0.4, -0.2) is 28.4 Å². The van der Waals surface area contributed by atoms with Gasteiger partial charge in [0.15, 0.2) is 5.65 Å². The minimum Gasteiger partial charge on any atom is -0.459 e. The standard InChI is InChI=1S/C19H19ClN2O4S/c1-19(27(23,24)22-10-7-14-3-2-9-21-18(14)22)8-6-16(20)15(13-19)4-5-17-25-11-12-26-17/h2-3,6-7,9-13,17H,4-5,8H2,1H3. The van der Waals surface area contributed by atoms with Crippen molar-refractivity contribution in [2.75, 3.05) is 0 Å². The van der Waals surface area contributed by atoms with Crippen molar-refractivity contribution < 1.29 is 17.9 Å². The Bertz CT molecular complexity index is 1060. The molecule has 142 valence electrons. The quantitative estimate of drug-likeness (QED) is 0.749. The van der Waals surface area contributed by atoms with Crippen molar-refractivity contribution in [1.29, 1.82) is 0 Å². The molecule has 0 amide bonds. The van der Waals surface area contributed by atoms with Crippen molar-refractivity contribution in [3.05, 3.63) is 65.9 Å². The van der Waals surface area contributed by atoms with Crippen LogP contribution >= 0.6 is 11.6 Å². The van der Waals surface area contributed by atoms with Gasteiger partial charge in [-0.3, -0.25) is 0 Å². The summed E-state index contributed by atoms with van der Waals surface area (Å²) >= 11 is 6.35. The largest absolute Gasteiger partial charge is 0.459 e. The number of rotatable bonds is 5. The number of fused-ring (bicyclic) bond motifs is 1. The molecule has 0 spiro atoms. The molecule has 0 saturated heterocycles. The van der Waals surface area contributed by atoms with Gasteiger partial charge in [0.2, 0.25) is 16.3 Å². The first-order valence-electron chi connectivity index (χ1n) is 8.62. The SMILES string of the molecule is CC1(S(=O)(=O)n2ccc3cccnc32)C=C(CCC2OC=CO2)C(Cl)=CC1. The summed E-state index contributed by atoms with van der Waals surface area (Å²) in [4.78, 5) is 4.24. The number of aromatic nitrogens is 2. The average Bonchev–Trinajstić information content (AvgIpc) is 3.32. The number of ether oxygens (including phenoxy) is 2. The van der Waals surface area contributed by atoms with Crippen LogP contribution in [0.15, 0.2) is 65.9 Å². The predicted molar refractivity (Wildman–Crippen MR) is 103 cm³/mol. The molecule has 6 nitrogen and oxygen atoms in total. The Hall–Kier alpha value is -2.25. The fourth-order valence-corrected chi connectivity index (χ4v) is 5.19. The van der Waals surface area contributed by atoms with E-state index >= 15 is 0 Å². The number of pyridine rings is 1. The molecule has 0 radical (unpaired) electrons. The van der Waals surface area contributed by atoms with Gasteiger partial charge in [-0.1, -0.05) is 23.8 Å². The first-order chi connectivity index (χ1) is 12.9. The Morgan fingerprint density at radius 1 is 1.33 bits per heavy atom. The summed E-state index contributed by atoms with van der Waals surface area (Å²) in [6.07, 6.45) is 10.7. The van der Waals surface area contributed by atoms with E-state index < -0.39 is 14.8 Å². The van der Waals surface area contributed by atoms with Crippen LogP contribution in [0.3, 0.4) is 0 Å². The van der Waals surface area contributed by atoms with E-state index in [0.29, 0.717) is 29.9 Å². The third-order valence-electron chi connectivity index (χ3n) is 4.90. The van der Waals surface area contributed by atoms with Crippen LogP contribution in [0.4, 0.5) is 0 Å². The zero-order chi connectivity index (χ0) is 19.1. The molecule has 0 N–H and O–H groups in total. The van der Waals surface area contributed by atoms with Crippen molar-refractivity contribution in [3.8, 4) is 0 Å². The molecule has 1 unspecified atom stereocenters. The third-order valence-corrected chi connectivity index (χ3v) is 7.57. The average molecular weight is 407 g/mol. The lowest BCUT2D eigenvalue weighted by atomic mass is 9.94. The second-order valence-corrected chi connectivity index (χ2v) is 9.47. The molecule has 0 fully saturated rings. The van der Waals surface area contributed by atoms with Crippen LogP contribution in [0, 0.1) is 0 Å². The predicted octanol–water partition coefficient (Wildman–Crippen LogP) is 4.05. The second kappa shape index (κ2) is 6.73. The zero-order valence-electron chi connectivity index (χ0n) is 14.7. The van der Waals surface area contributed by atoms with Crippen LogP contribution in [0.5, 0.6) is 0 Å². The van der Waals surface area contributed by atoms with Gasteiger partial charge >= 0.3 is 0 Å². The number of nitrogens with zero attached hydrogens (tertiary/aromatic N) is 2. The number of hydrogen-bond donors (Lipinski definition) is 0. The van der Waals surface area contributed by atoms with Crippen LogP contribution in [0.1, 0.15) is 26.2 Å². The molecular weight excluding hydrogens is 388 g/mol. The number of allylic oxidation sites excluding steroid dienone is 3. The summed E-state index contributed by atoms with van der Waals surface area (Å²) in [5, 5.41) is 1.35. The molecule has 3 heterocycles. The van der Waals surface area contributed by atoms with E-state index in [-0.39, 0.29) is 6.29 Å². The molecule has 2 aliphatic rings. The highest BCUT2D eigenvalue weighted by Crippen LogP contribution is 2.38. The van der Waals surface area contributed by atoms with Gasteiger partial charge in [-0.15, -0.1) is 0 Å². The summed E-state index contributed by atoms with van der Waals surface area (Å²) in [6, 6.07) is 5.37. The van der Waals surface area contributed by atoms with Gasteiger partial charge in [0.05, 0.1) is 0 Å². The van der Waals surface area contributed by atoms with Crippen LogP contribution in [-0.2, 0) is 19.5 Å². The molecule has 27 heavy (non-hydrogen) atoms. The van der Waals surface area contributed by atoms with Gasteiger partial charge in [0.25, 0.3) is 0 Å². The normalized spacial score (nSPS) is 23.0. The topological polar surface area (TPSA) is 70.4 Å². The summed E-state index contributed by atoms with van der Waals surface area (Å²) in [6.45, 7) is 1.71. The summed E-state index contributed by atoms with van der Waals surface area (Å²) < 4.78 is 37.6. The molecule has 8 heteroatoms. The van der Waals surface area contributed by atoms with Crippen molar-refractivity contribution >= 4 is 32.7 Å². The lowest BCUT2D eigenvalue weighted by Gasteiger charge is -2.30. The molecule has 4 rings (SSSR count). The van der Waals surface area contributed by atoms with E-state index in [4.69, 9.17) is 21.1 Å². The van der Waals surface area contributed by atoms with Gasteiger partial charge in [-0.2, -0.15) is 0 Å². The molecule has 1 aliphatic carbocycles. The monoisotopic (exact) mass is 406 g/mol. The van der Waals surface area contributed by atoms with Gasteiger partial charge in [-0.05, 0) is 43.5 Å². The molecule has 0 aromatic carbocycles. The van der Waals surface area contributed by atoms with Crippen LogP contribution in [0.2, 0.25) is 0 Å². The third kappa shape index (κ3) is 3.15. The minimum absolute atomic E-state index is 0.294. The smallest absolute Gasteiger partial charge is 0.249 e. The zero-order valence-corrected chi connectivity index (χ0v) is 16.3. The summed E-state index contributed by atoms with van der Waals surface area (Å²) in [5.74, 6) is 0. The Morgan fingerprint density at radius 2 is 2.11 bits per heavy atom. The van der Waals surface area contributed by atoms with E-state index in [1.807, 2.05) is 6.07 Å². The maximum atomic E-state index is 13.4. The van der Waals surface area contributed by atoms with E-state index in [1.165, 1.54) is 16.5 Å². The van der Waals surface area contributed by atoms with Gasteiger partial charge in [-0.25, -0.2) is 17.4 Å². The highest BCUT2D eigenvalue weighted by atomic mass is 35.5. The van der Waals surface area contributed by atoms with Gasteiger partial charge in [0.1, 0.15) is 17.3 Å². The van der Waals surface area contributed by atoms with Crippen LogP contribution in [0.25, 0.3) is 11.0 Å². The molecular formula is C19H19ClN2O4S. The first-order valence-corrected chi connectivity index (χ1v) is 10.4. The molecule has 2 aromatic heterocycles. The molecule has 1 atom stereocenters.